The standard InChI is InChI=1S/C6H14O3.C4H6O7S/c1-5(8)4-9-6(2)3-7;5-3(6)1-2(4(7)8)12(9,10)11/h5-8H,3-4H2,1-2H3;2H,1H2,(H,5,6)(H,7,8)(H,9,10,11). The summed E-state index contributed by atoms with van der Waals surface area (Å²) in [6, 6.07) is 0. The Kier molecular flexibility index (Phi) is 11.0. The summed E-state index contributed by atoms with van der Waals surface area (Å²) in [7, 11) is -4.84. The number of rotatable bonds is 8. The Balaban J connectivity index is 0. The molecule has 0 aromatic rings. The fraction of sp³-hybridized carbons (Fsp3) is 0.800. The highest BCUT2D eigenvalue weighted by Crippen LogP contribution is 2.04. The summed E-state index contributed by atoms with van der Waals surface area (Å²) >= 11 is 0. The average Bonchev–Trinajstić information content (AvgIpc) is 2.31. The van der Waals surface area contributed by atoms with Gasteiger partial charge in [0, 0.05) is 0 Å². The molecule has 0 saturated heterocycles. The van der Waals surface area contributed by atoms with E-state index in [4.69, 9.17) is 29.7 Å². The Labute approximate surface area is 121 Å². The molecule has 21 heavy (non-hydrogen) atoms. The number of hydrogen-bond donors (Lipinski definition) is 5. The maximum Gasteiger partial charge on any atom is 0.325 e. The predicted molar refractivity (Wildman–Crippen MR) is 69.4 cm³/mol. The molecule has 0 saturated carbocycles. The number of hydrogen-bond acceptors (Lipinski definition) is 7. The normalized spacial score (nSPS) is 15.3. The number of aliphatic hydroxyl groups is 2. The lowest BCUT2D eigenvalue weighted by atomic mass is 10.3. The van der Waals surface area contributed by atoms with Crippen LogP contribution in [0.3, 0.4) is 0 Å². The van der Waals surface area contributed by atoms with Crippen molar-refractivity contribution in [3.63, 3.8) is 0 Å². The van der Waals surface area contributed by atoms with Crippen molar-refractivity contribution in [1.29, 1.82) is 0 Å². The van der Waals surface area contributed by atoms with Crippen LogP contribution >= 0.6 is 0 Å². The van der Waals surface area contributed by atoms with Gasteiger partial charge in [0.05, 0.1) is 31.8 Å². The van der Waals surface area contributed by atoms with Crippen LogP contribution in [0.5, 0.6) is 0 Å². The number of carboxylic acid groups (broad SMARTS) is 2. The van der Waals surface area contributed by atoms with Gasteiger partial charge in [0.25, 0.3) is 10.1 Å². The average molecular weight is 332 g/mol. The Bertz CT molecular complexity index is 416. The zero-order chi connectivity index (χ0) is 17.2. The summed E-state index contributed by atoms with van der Waals surface area (Å²) in [6.45, 7) is 3.70. The fourth-order valence-corrected chi connectivity index (χ4v) is 1.44. The molecule has 0 bridgehead atoms. The molecule has 0 aliphatic heterocycles. The summed E-state index contributed by atoms with van der Waals surface area (Å²) in [4.78, 5) is 20.0. The van der Waals surface area contributed by atoms with Gasteiger partial charge in [-0.3, -0.25) is 14.1 Å². The largest absolute Gasteiger partial charge is 0.481 e. The van der Waals surface area contributed by atoms with Gasteiger partial charge in [-0.2, -0.15) is 8.42 Å². The molecule has 0 fully saturated rings. The van der Waals surface area contributed by atoms with Crippen LogP contribution in [0.1, 0.15) is 20.3 Å². The zero-order valence-electron chi connectivity index (χ0n) is 11.5. The molecule has 0 amide bonds. The highest BCUT2D eigenvalue weighted by Gasteiger charge is 2.33. The summed E-state index contributed by atoms with van der Waals surface area (Å²) in [5, 5.41) is 31.0. The number of carboxylic acids is 2. The van der Waals surface area contributed by atoms with E-state index in [1.54, 1.807) is 13.8 Å². The second-order valence-electron chi connectivity index (χ2n) is 4.12. The monoisotopic (exact) mass is 332 g/mol. The van der Waals surface area contributed by atoms with Gasteiger partial charge in [-0.25, -0.2) is 0 Å². The summed E-state index contributed by atoms with van der Waals surface area (Å²) in [5.41, 5.74) is 0. The lowest BCUT2D eigenvalue weighted by Crippen LogP contribution is -2.31. The second kappa shape index (κ2) is 10.5. The molecule has 3 atom stereocenters. The van der Waals surface area contributed by atoms with Crippen molar-refractivity contribution in [2.24, 2.45) is 0 Å². The highest BCUT2D eigenvalue weighted by atomic mass is 32.2. The molecular weight excluding hydrogens is 312 g/mol. The van der Waals surface area contributed by atoms with E-state index in [-0.39, 0.29) is 12.7 Å². The first-order chi connectivity index (χ1) is 9.41. The molecule has 10 nitrogen and oxygen atoms in total. The lowest BCUT2D eigenvalue weighted by Gasteiger charge is -2.10. The Morgan fingerprint density at radius 3 is 1.86 bits per heavy atom. The highest BCUT2D eigenvalue weighted by molar-refractivity contribution is 7.87. The van der Waals surface area contributed by atoms with Crippen LogP contribution in [0.4, 0.5) is 0 Å². The minimum Gasteiger partial charge on any atom is -0.481 e. The number of aliphatic carboxylic acids is 2. The van der Waals surface area contributed by atoms with Crippen LogP contribution in [0.15, 0.2) is 0 Å². The van der Waals surface area contributed by atoms with Gasteiger partial charge < -0.3 is 25.2 Å². The molecule has 3 unspecified atom stereocenters. The Hall–Kier alpha value is -1.27. The molecule has 0 radical (unpaired) electrons. The molecule has 0 aliphatic rings. The van der Waals surface area contributed by atoms with Crippen LogP contribution in [-0.2, 0) is 24.4 Å². The molecule has 5 N–H and O–H groups in total. The van der Waals surface area contributed by atoms with Gasteiger partial charge in [0.15, 0.2) is 5.25 Å². The van der Waals surface area contributed by atoms with Gasteiger partial charge >= 0.3 is 11.9 Å². The smallest absolute Gasteiger partial charge is 0.325 e. The van der Waals surface area contributed by atoms with Gasteiger partial charge in [-0.05, 0) is 13.8 Å². The van der Waals surface area contributed by atoms with Crippen molar-refractivity contribution in [3.8, 4) is 0 Å². The van der Waals surface area contributed by atoms with E-state index in [1.165, 1.54) is 0 Å². The van der Waals surface area contributed by atoms with Crippen molar-refractivity contribution in [1.82, 2.24) is 0 Å². The van der Waals surface area contributed by atoms with E-state index >= 15 is 0 Å². The number of carbonyl (C=O) groups is 2. The van der Waals surface area contributed by atoms with E-state index in [0.717, 1.165) is 0 Å². The topological polar surface area (TPSA) is 179 Å². The molecule has 0 aromatic carbocycles. The van der Waals surface area contributed by atoms with E-state index in [9.17, 15) is 18.0 Å². The Morgan fingerprint density at radius 1 is 1.19 bits per heavy atom. The lowest BCUT2D eigenvalue weighted by molar-refractivity contribution is -0.143. The van der Waals surface area contributed by atoms with Gasteiger partial charge in [0.2, 0.25) is 0 Å². The van der Waals surface area contributed by atoms with Crippen LogP contribution in [0.2, 0.25) is 0 Å². The molecule has 11 heteroatoms. The van der Waals surface area contributed by atoms with Crippen molar-refractivity contribution in [2.75, 3.05) is 13.2 Å². The van der Waals surface area contributed by atoms with Crippen LogP contribution in [0.25, 0.3) is 0 Å². The van der Waals surface area contributed by atoms with Crippen molar-refractivity contribution in [2.45, 2.75) is 37.7 Å². The van der Waals surface area contributed by atoms with E-state index in [2.05, 4.69) is 0 Å². The molecule has 0 spiro atoms. The van der Waals surface area contributed by atoms with E-state index in [0.29, 0.717) is 6.61 Å². The first kappa shape index (κ1) is 22.0. The van der Waals surface area contributed by atoms with E-state index < -0.39 is 39.8 Å². The maximum atomic E-state index is 10.2. The van der Waals surface area contributed by atoms with Crippen molar-refractivity contribution < 1.29 is 47.7 Å². The van der Waals surface area contributed by atoms with Crippen molar-refractivity contribution in [3.05, 3.63) is 0 Å². The molecular formula is C10H20O10S. The summed E-state index contributed by atoms with van der Waals surface area (Å²) in [6.07, 6.45) is -1.77. The number of ether oxygens (including phenoxy) is 1. The Morgan fingerprint density at radius 2 is 1.67 bits per heavy atom. The van der Waals surface area contributed by atoms with E-state index in [1.807, 2.05) is 0 Å². The van der Waals surface area contributed by atoms with Gasteiger partial charge in [0.1, 0.15) is 0 Å². The maximum absolute atomic E-state index is 10.2. The molecule has 0 aliphatic carbocycles. The van der Waals surface area contributed by atoms with Gasteiger partial charge in [-0.15, -0.1) is 0 Å². The summed E-state index contributed by atoms with van der Waals surface area (Å²) < 4.78 is 33.6. The summed E-state index contributed by atoms with van der Waals surface area (Å²) in [5.74, 6) is -3.50. The third-order valence-electron chi connectivity index (χ3n) is 1.87. The van der Waals surface area contributed by atoms with Gasteiger partial charge in [-0.1, -0.05) is 0 Å². The molecule has 126 valence electrons. The van der Waals surface area contributed by atoms with Crippen LogP contribution < -0.4 is 0 Å². The minimum atomic E-state index is -4.84. The molecule has 0 rings (SSSR count). The third-order valence-corrected chi connectivity index (χ3v) is 2.96. The van der Waals surface area contributed by atoms with Crippen LogP contribution in [0, 0.1) is 0 Å². The molecule has 0 aromatic heterocycles. The first-order valence-corrected chi connectivity index (χ1v) is 7.23. The van der Waals surface area contributed by atoms with Crippen molar-refractivity contribution >= 4 is 22.1 Å². The SMILES string of the molecule is CC(O)COC(C)CO.O=C(O)CC(C(=O)O)S(=O)(=O)O. The third kappa shape index (κ3) is 13.5. The number of aliphatic hydroxyl groups excluding tert-OH is 2. The predicted octanol–water partition coefficient (Wildman–Crippen LogP) is -1.43. The quantitative estimate of drug-likeness (QED) is 0.331. The second-order valence-corrected chi connectivity index (χ2v) is 5.71. The van der Waals surface area contributed by atoms with Crippen LogP contribution in [-0.4, -0.2) is 76.0 Å². The first-order valence-electron chi connectivity index (χ1n) is 5.73. The minimum absolute atomic E-state index is 0.00667. The zero-order valence-corrected chi connectivity index (χ0v) is 12.4. The fourth-order valence-electron chi connectivity index (χ4n) is 0.835. The molecule has 0 heterocycles.